The minimum Gasteiger partial charge on any atom is -0.481 e. The molecule has 1 heterocycles. The van der Waals surface area contributed by atoms with Crippen LogP contribution in [0.2, 0.25) is 0 Å². The first kappa shape index (κ1) is 14.7. The number of likely N-dealkylation sites (N-methyl/N-ethyl adjacent to an activating group) is 1. The van der Waals surface area contributed by atoms with Crippen LogP contribution in [-0.4, -0.2) is 24.7 Å². The highest BCUT2D eigenvalue weighted by atomic mass is 19.4. The van der Waals surface area contributed by atoms with Gasteiger partial charge in [-0.3, -0.25) is 4.79 Å². The van der Waals surface area contributed by atoms with Crippen LogP contribution in [0.3, 0.4) is 0 Å². The maximum Gasteiger partial charge on any atom is 0.416 e. The van der Waals surface area contributed by atoms with Gasteiger partial charge in [0.1, 0.15) is 0 Å². The van der Waals surface area contributed by atoms with E-state index in [1.165, 1.54) is 6.07 Å². The van der Waals surface area contributed by atoms with Crippen LogP contribution in [0.15, 0.2) is 18.2 Å². The Labute approximate surface area is 115 Å². The van der Waals surface area contributed by atoms with E-state index >= 15 is 0 Å². The van der Waals surface area contributed by atoms with Gasteiger partial charge in [-0.05, 0) is 37.6 Å². The van der Waals surface area contributed by atoms with E-state index in [0.717, 1.165) is 12.1 Å². The maximum atomic E-state index is 12.8. The highest BCUT2D eigenvalue weighted by Crippen LogP contribution is 2.47. The zero-order chi connectivity index (χ0) is 15.3. The number of hydrogen-bond acceptors (Lipinski definition) is 2. The molecule has 0 saturated heterocycles. The summed E-state index contributed by atoms with van der Waals surface area (Å²) in [5.41, 5.74) is -0.742. The maximum absolute atomic E-state index is 12.8. The van der Waals surface area contributed by atoms with Crippen molar-refractivity contribution in [2.75, 3.05) is 18.5 Å². The third-order valence-corrected chi connectivity index (χ3v) is 4.02. The second-order valence-electron chi connectivity index (χ2n) is 5.73. The highest BCUT2D eigenvalue weighted by Gasteiger charge is 2.44. The Bertz CT molecular complexity index is 552. The lowest BCUT2D eigenvalue weighted by atomic mass is 9.75. The van der Waals surface area contributed by atoms with Gasteiger partial charge in [-0.1, -0.05) is 0 Å². The Balaban J connectivity index is 2.53. The smallest absolute Gasteiger partial charge is 0.416 e. The molecule has 3 nitrogen and oxygen atoms in total. The Hall–Kier alpha value is -1.72. The number of benzene rings is 1. The van der Waals surface area contributed by atoms with Crippen LogP contribution in [0.1, 0.15) is 30.9 Å². The number of alkyl halides is 3. The molecule has 1 atom stereocenters. The molecule has 20 heavy (non-hydrogen) atoms. The summed E-state index contributed by atoms with van der Waals surface area (Å²) in [5, 5.41) is 9.30. The fourth-order valence-electron chi connectivity index (χ4n) is 2.59. The number of rotatable bonds is 2. The molecular formula is C14H16F3NO2. The molecule has 1 aliphatic heterocycles. The van der Waals surface area contributed by atoms with Crippen molar-refractivity contribution < 1.29 is 23.1 Å². The molecule has 0 saturated carbocycles. The van der Waals surface area contributed by atoms with Crippen molar-refractivity contribution in [2.45, 2.75) is 25.9 Å². The fraction of sp³-hybridized carbons (Fsp3) is 0.500. The molecule has 0 aliphatic carbocycles. The minimum absolute atomic E-state index is 0.399. The molecule has 6 heteroatoms. The van der Waals surface area contributed by atoms with Gasteiger partial charge in [0, 0.05) is 25.2 Å². The van der Waals surface area contributed by atoms with Crippen molar-refractivity contribution >= 4 is 11.7 Å². The van der Waals surface area contributed by atoms with Crippen molar-refractivity contribution in [3.8, 4) is 0 Å². The van der Waals surface area contributed by atoms with E-state index in [1.54, 1.807) is 25.8 Å². The summed E-state index contributed by atoms with van der Waals surface area (Å²) < 4.78 is 38.4. The molecule has 110 valence electrons. The third-order valence-electron chi connectivity index (χ3n) is 4.02. The van der Waals surface area contributed by atoms with Crippen molar-refractivity contribution in [1.82, 2.24) is 0 Å². The second-order valence-corrected chi connectivity index (χ2v) is 5.73. The lowest BCUT2D eigenvalue weighted by Crippen LogP contribution is -2.33. The van der Waals surface area contributed by atoms with Crippen LogP contribution in [-0.2, 0) is 11.0 Å². The number of aliphatic carboxylic acids is 1. The summed E-state index contributed by atoms with van der Waals surface area (Å²) >= 11 is 0. The SMILES string of the molecule is CN1CC(C(C)(C)C(=O)O)c2cc(C(F)(F)F)ccc21. The minimum atomic E-state index is -4.42. The van der Waals surface area contributed by atoms with Crippen molar-refractivity contribution in [1.29, 1.82) is 0 Å². The van der Waals surface area contributed by atoms with Crippen LogP contribution in [0.5, 0.6) is 0 Å². The first-order valence-electron chi connectivity index (χ1n) is 6.21. The zero-order valence-electron chi connectivity index (χ0n) is 11.5. The van der Waals surface area contributed by atoms with Crippen LogP contribution in [0.4, 0.5) is 18.9 Å². The van der Waals surface area contributed by atoms with E-state index in [9.17, 15) is 23.1 Å². The van der Waals surface area contributed by atoms with Crippen LogP contribution >= 0.6 is 0 Å². The van der Waals surface area contributed by atoms with Gasteiger partial charge in [0.25, 0.3) is 0 Å². The van der Waals surface area contributed by atoms with Crippen LogP contribution < -0.4 is 4.90 Å². The van der Waals surface area contributed by atoms with Crippen LogP contribution in [0, 0.1) is 5.41 Å². The largest absolute Gasteiger partial charge is 0.481 e. The number of carboxylic acids is 1. The standard InChI is InChI=1S/C14H16F3NO2/c1-13(2,12(19)20)10-7-18(3)11-5-4-8(6-9(10)11)14(15,16)17/h4-6,10H,7H2,1-3H3,(H,19,20). The number of halogens is 3. The molecule has 0 spiro atoms. The van der Waals surface area contributed by atoms with Gasteiger partial charge in [0.2, 0.25) is 0 Å². The number of fused-ring (bicyclic) bond motifs is 1. The third kappa shape index (κ3) is 2.23. The molecule has 2 rings (SSSR count). The molecule has 0 radical (unpaired) electrons. The van der Waals surface area contributed by atoms with E-state index in [2.05, 4.69) is 0 Å². The highest BCUT2D eigenvalue weighted by molar-refractivity contribution is 5.77. The van der Waals surface area contributed by atoms with Crippen molar-refractivity contribution in [3.05, 3.63) is 29.3 Å². The topological polar surface area (TPSA) is 40.5 Å². The van der Waals surface area contributed by atoms with Gasteiger partial charge in [-0.25, -0.2) is 0 Å². The Morgan fingerprint density at radius 3 is 2.45 bits per heavy atom. The second kappa shape index (κ2) is 4.40. The van der Waals surface area contributed by atoms with E-state index in [0.29, 0.717) is 17.8 Å². The van der Waals surface area contributed by atoms with Crippen LogP contribution in [0.25, 0.3) is 0 Å². The molecule has 0 bridgehead atoms. The van der Waals surface area contributed by atoms with Gasteiger partial charge in [-0.15, -0.1) is 0 Å². The molecule has 1 unspecified atom stereocenters. The van der Waals surface area contributed by atoms with Gasteiger partial charge in [0.15, 0.2) is 0 Å². The summed E-state index contributed by atoms with van der Waals surface area (Å²) in [4.78, 5) is 13.2. The van der Waals surface area contributed by atoms with Gasteiger partial charge in [0.05, 0.1) is 11.0 Å². The lowest BCUT2D eigenvalue weighted by molar-refractivity contribution is -0.148. The summed E-state index contributed by atoms with van der Waals surface area (Å²) in [6.45, 7) is 3.49. The first-order valence-corrected chi connectivity index (χ1v) is 6.21. The number of carboxylic acid groups (broad SMARTS) is 1. The molecule has 0 fully saturated rings. The molecule has 1 aromatic rings. The average Bonchev–Trinajstić information content (AvgIpc) is 2.66. The predicted molar refractivity (Wildman–Crippen MR) is 68.9 cm³/mol. The molecule has 0 aromatic heterocycles. The normalized spacial score (nSPS) is 19.1. The van der Waals surface area contributed by atoms with E-state index < -0.39 is 29.0 Å². The number of carbonyl (C=O) groups is 1. The Kier molecular flexibility index (Phi) is 3.23. The van der Waals surface area contributed by atoms with Gasteiger partial charge in [-0.2, -0.15) is 13.2 Å². The number of hydrogen-bond donors (Lipinski definition) is 1. The van der Waals surface area contributed by atoms with Crippen molar-refractivity contribution in [3.63, 3.8) is 0 Å². The van der Waals surface area contributed by atoms with Gasteiger partial charge >= 0.3 is 12.1 Å². The summed E-state index contributed by atoms with van der Waals surface area (Å²) in [7, 11) is 1.75. The lowest BCUT2D eigenvalue weighted by Gasteiger charge is -2.27. The average molecular weight is 287 g/mol. The molecular weight excluding hydrogens is 271 g/mol. The summed E-state index contributed by atoms with van der Waals surface area (Å²) in [6.07, 6.45) is -4.42. The number of nitrogens with zero attached hydrogens (tertiary/aromatic N) is 1. The van der Waals surface area contributed by atoms with Gasteiger partial charge < -0.3 is 10.0 Å². The molecule has 1 aliphatic rings. The molecule has 0 amide bonds. The Morgan fingerprint density at radius 2 is 1.95 bits per heavy atom. The monoisotopic (exact) mass is 287 g/mol. The number of anilines is 1. The quantitative estimate of drug-likeness (QED) is 0.906. The summed E-state index contributed by atoms with van der Waals surface area (Å²) in [6, 6.07) is 3.52. The zero-order valence-corrected chi connectivity index (χ0v) is 11.5. The summed E-state index contributed by atoms with van der Waals surface area (Å²) in [5.74, 6) is -1.48. The predicted octanol–water partition coefficient (Wildman–Crippen LogP) is 3.35. The van der Waals surface area contributed by atoms with E-state index in [4.69, 9.17) is 0 Å². The Morgan fingerprint density at radius 1 is 1.35 bits per heavy atom. The first-order chi connectivity index (χ1) is 9.05. The van der Waals surface area contributed by atoms with E-state index in [1.807, 2.05) is 0 Å². The fourth-order valence-corrected chi connectivity index (χ4v) is 2.59. The van der Waals surface area contributed by atoms with E-state index in [-0.39, 0.29) is 0 Å². The molecule has 1 N–H and O–H groups in total. The van der Waals surface area contributed by atoms with Crippen molar-refractivity contribution in [2.24, 2.45) is 5.41 Å². The molecule has 1 aromatic carbocycles.